The van der Waals surface area contributed by atoms with Crippen LogP contribution in [0.3, 0.4) is 0 Å². The highest BCUT2D eigenvalue weighted by Crippen LogP contribution is 2.26. The number of nitrogens with zero attached hydrogens (tertiary/aromatic N) is 1. The molecule has 0 aliphatic heterocycles. The van der Waals surface area contributed by atoms with Crippen LogP contribution in [0.2, 0.25) is 0 Å². The molecule has 0 spiro atoms. The van der Waals surface area contributed by atoms with E-state index >= 15 is 0 Å². The summed E-state index contributed by atoms with van der Waals surface area (Å²) in [5.74, 6) is -0.804. The van der Waals surface area contributed by atoms with Crippen LogP contribution in [0.1, 0.15) is 10.4 Å². The van der Waals surface area contributed by atoms with Crippen molar-refractivity contribution in [1.82, 2.24) is 0 Å². The van der Waals surface area contributed by atoms with Gasteiger partial charge in [-0.15, -0.1) is 0 Å². The number of carbonyl (C=O) groups excluding carboxylic acids is 1. The summed E-state index contributed by atoms with van der Waals surface area (Å²) >= 11 is 0. The van der Waals surface area contributed by atoms with Gasteiger partial charge in [-0.05, 0) is 24.3 Å². The van der Waals surface area contributed by atoms with Crippen molar-refractivity contribution in [2.24, 2.45) is 0 Å². The van der Waals surface area contributed by atoms with Crippen LogP contribution in [-0.4, -0.2) is 28.3 Å². The first-order valence-corrected chi connectivity index (χ1v) is 5.58. The average molecular weight is 259 g/mol. The Morgan fingerprint density at radius 1 is 1.00 bits per heavy atom. The van der Waals surface area contributed by atoms with Gasteiger partial charge in [0.1, 0.15) is 17.2 Å². The molecule has 5 nitrogen and oxygen atoms in total. The molecule has 19 heavy (non-hydrogen) atoms. The normalized spacial score (nSPS) is 10.2. The van der Waals surface area contributed by atoms with E-state index in [4.69, 9.17) is 0 Å². The predicted molar refractivity (Wildman–Crippen MR) is 70.6 cm³/mol. The van der Waals surface area contributed by atoms with E-state index in [-0.39, 0.29) is 22.8 Å². The van der Waals surface area contributed by atoms with Crippen molar-refractivity contribution in [2.45, 2.75) is 0 Å². The molecule has 0 heterocycles. The van der Waals surface area contributed by atoms with Crippen LogP contribution >= 0.6 is 0 Å². The fourth-order valence-corrected chi connectivity index (χ4v) is 1.70. The quantitative estimate of drug-likeness (QED) is 0.771. The Balaban J connectivity index is 2.33. The van der Waals surface area contributed by atoms with Crippen molar-refractivity contribution < 1.29 is 20.1 Å². The maximum Gasteiger partial charge on any atom is 0.261 e. The maximum absolute atomic E-state index is 12.2. The highest BCUT2D eigenvalue weighted by molar-refractivity contribution is 6.07. The van der Waals surface area contributed by atoms with Crippen molar-refractivity contribution >= 4 is 11.6 Å². The van der Waals surface area contributed by atoms with Crippen molar-refractivity contribution in [1.29, 1.82) is 0 Å². The summed E-state index contributed by atoms with van der Waals surface area (Å²) in [7, 11) is 1.53. The second-order valence-corrected chi connectivity index (χ2v) is 4.09. The zero-order valence-electron chi connectivity index (χ0n) is 10.2. The van der Waals surface area contributed by atoms with Crippen molar-refractivity contribution in [3.05, 3.63) is 48.0 Å². The summed E-state index contributed by atoms with van der Waals surface area (Å²) in [4.78, 5) is 13.5. The smallest absolute Gasteiger partial charge is 0.261 e. The standard InChI is InChI=1S/C14H13NO4/c1-15(9-3-2-4-10(16)7-9)14(19)12-6-5-11(17)8-13(12)18/h2-8,16-18H,1H3. The third-order valence-corrected chi connectivity index (χ3v) is 2.73. The first kappa shape index (κ1) is 12.8. The van der Waals surface area contributed by atoms with Crippen molar-refractivity contribution in [3.8, 4) is 17.2 Å². The average Bonchev–Trinajstić information content (AvgIpc) is 2.37. The summed E-state index contributed by atoms with van der Waals surface area (Å²) in [6.07, 6.45) is 0. The van der Waals surface area contributed by atoms with Crippen LogP contribution in [0.5, 0.6) is 17.2 Å². The molecule has 0 fully saturated rings. The molecule has 5 heteroatoms. The largest absolute Gasteiger partial charge is 0.508 e. The number of benzene rings is 2. The molecule has 0 aliphatic rings. The van der Waals surface area contributed by atoms with Crippen LogP contribution in [0.4, 0.5) is 5.69 Å². The molecule has 1 amide bonds. The van der Waals surface area contributed by atoms with Crippen molar-refractivity contribution in [2.75, 3.05) is 11.9 Å². The minimum atomic E-state index is -0.442. The van der Waals surface area contributed by atoms with Gasteiger partial charge in [0, 0.05) is 24.9 Å². The molecule has 2 rings (SSSR count). The Bertz CT molecular complexity index is 625. The zero-order chi connectivity index (χ0) is 14.0. The van der Waals surface area contributed by atoms with Gasteiger partial charge in [0.05, 0.1) is 5.56 Å². The fraction of sp³-hybridized carbons (Fsp3) is 0.0714. The van der Waals surface area contributed by atoms with E-state index < -0.39 is 5.91 Å². The van der Waals surface area contributed by atoms with E-state index in [1.54, 1.807) is 12.1 Å². The molecule has 2 aromatic rings. The first-order chi connectivity index (χ1) is 8.99. The molecular weight excluding hydrogens is 246 g/mol. The number of hydrogen-bond acceptors (Lipinski definition) is 4. The van der Waals surface area contributed by atoms with E-state index in [1.807, 2.05) is 0 Å². The summed E-state index contributed by atoms with van der Waals surface area (Å²) in [6, 6.07) is 9.98. The van der Waals surface area contributed by atoms with Gasteiger partial charge in [-0.2, -0.15) is 0 Å². The van der Waals surface area contributed by atoms with E-state index in [2.05, 4.69) is 0 Å². The minimum absolute atomic E-state index is 0.0482. The second kappa shape index (κ2) is 4.89. The number of aromatic hydroxyl groups is 3. The number of anilines is 1. The monoisotopic (exact) mass is 259 g/mol. The molecule has 0 radical (unpaired) electrons. The van der Waals surface area contributed by atoms with Gasteiger partial charge in [0.15, 0.2) is 0 Å². The Labute approximate surface area is 110 Å². The van der Waals surface area contributed by atoms with Gasteiger partial charge in [-0.1, -0.05) is 6.07 Å². The van der Waals surface area contributed by atoms with E-state index in [1.165, 1.54) is 36.2 Å². The van der Waals surface area contributed by atoms with Gasteiger partial charge >= 0.3 is 0 Å². The topological polar surface area (TPSA) is 81.0 Å². The molecule has 0 bridgehead atoms. The molecule has 0 unspecified atom stereocenters. The molecule has 2 aromatic carbocycles. The lowest BCUT2D eigenvalue weighted by Gasteiger charge is -2.18. The number of carbonyl (C=O) groups is 1. The van der Waals surface area contributed by atoms with Gasteiger partial charge in [-0.3, -0.25) is 4.79 Å². The predicted octanol–water partition coefficient (Wildman–Crippen LogP) is 2.08. The van der Waals surface area contributed by atoms with E-state index in [0.29, 0.717) is 5.69 Å². The molecule has 0 aliphatic carbocycles. The molecular formula is C14H13NO4. The molecule has 98 valence electrons. The number of rotatable bonds is 2. The number of phenolic OH excluding ortho intramolecular Hbond substituents is 3. The lowest BCUT2D eigenvalue weighted by atomic mass is 10.1. The summed E-state index contributed by atoms with van der Waals surface area (Å²) in [6.45, 7) is 0. The molecule has 0 saturated heterocycles. The van der Waals surface area contributed by atoms with Crippen LogP contribution in [0.15, 0.2) is 42.5 Å². The number of amides is 1. The Kier molecular flexibility index (Phi) is 3.29. The van der Waals surface area contributed by atoms with Gasteiger partial charge in [-0.25, -0.2) is 0 Å². The van der Waals surface area contributed by atoms with Crippen LogP contribution in [0, 0.1) is 0 Å². The van der Waals surface area contributed by atoms with E-state index in [9.17, 15) is 20.1 Å². The highest BCUT2D eigenvalue weighted by atomic mass is 16.3. The van der Waals surface area contributed by atoms with Crippen LogP contribution in [0.25, 0.3) is 0 Å². The molecule has 0 saturated carbocycles. The Hall–Kier alpha value is -2.69. The van der Waals surface area contributed by atoms with E-state index in [0.717, 1.165) is 6.07 Å². The Morgan fingerprint density at radius 3 is 2.32 bits per heavy atom. The first-order valence-electron chi connectivity index (χ1n) is 5.58. The third kappa shape index (κ3) is 2.60. The lowest BCUT2D eigenvalue weighted by molar-refractivity contribution is 0.0990. The second-order valence-electron chi connectivity index (χ2n) is 4.09. The van der Waals surface area contributed by atoms with Crippen molar-refractivity contribution in [3.63, 3.8) is 0 Å². The molecule has 0 aromatic heterocycles. The summed E-state index contributed by atoms with van der Waals surface area (Å²) in [5.41, 5.74) is 0.570. The Morgan fingerprint density at radius 2 is 1.68 bits per heavy atom. The van der Waals surface area contributed by atoms with Crippen LogP contribution in [-0.2, 0) is 0 Å². The summed E-state index contributed by atoms with van der Waals surface area (Å²) < 4.78 is 0. The fourth-order valence-electron chi connectivity index (χ4n) is 1.70. The molecule has 0 atom stereocenters. The van der Waals surface area contributed by atoms with Gasteiger partial charge < -0.3 is 20.2 Å². The molecule has 3 N–H and O–H groups in total. The number of hydrogen-bond donors (Lipinski definition) is 3. The lowest BCUT2D eigenvalue weighted by Crippen LogP contribution is -2.26. The minimum Gasteiger partial charge on any atom is -0.508 e. The zero-order valence-corrected chi connectivity index (χ0v) is 10.2. The number of phenols is 3. The summed E-state index contributed by atoms with van der Waals surface area (Å²) in [5, 5.41) is 28.2. The van der Waals surface area contributed by atoms with Gasteiger partial charge in [0.2, 0.25) is 0 Å². The highest BCUT2D eigenvalue weighted by Gasteiger charge is 2.17. The SMILES string of the molecule is CN(C(=O)c1ccc(O)cc1O)c1cccc(O)c1. The third-order valence-electron chi connectivity index (χ3n) is 2.73. The van der Waals surface area contributed by atoms with Crippen LogP contribution < -0.4 is 4.90 Å². The maximum atomic E-state index is 12.2. The van der Waals surface area contributed by atoms with Gasteiger partial charge in [0.25, 0.3) is 5.91 Å².